The lowest BCUT2D eigenvalue weighted by molar-refractivity contribution is 0.0898. The van der Waals surface area contributed by atoms with Crippen LogP contribution >= 0.6 is 15.9 Å². The van der Waals surface area contributed by atoms with Gasteiger partial charge in [-0.3, -0.25) is 4.79 Å². The number of phenols is 1. The SMILES string of the molecule is CC(C)CC(C)(CN)NC(=O)c1ccc(Br)c(O)c1. The van der Waals surface area contributed by atoms with Gasteiger partial charge in [0.2, 0.25) is 0 Å². The molecule has 1 aromatic carbocycles. The first-order valence-electron chi connectivity index (χ1n) is 6.28. The highest BCUT2D eigenvalue weighted by Gasteiger charge is 2.26. The number of carbonyl (C=O) groups is 1. The number of carbonyl (C=O) groups excluding carboxylic acids is 1. The molecule has 4 nitrogen and oxygen atoms in total. The van der Waals surface area contributed by atoms with Crippen molar-refractivity contribution in [1.82, 2.24) is 5.32 Å². The van der Waals surface area contributed by atoms with Gasteiger partial charge in [-0.15, -0.1) is 0 Å². The number of phenolic OH excluding ortho intramolecular Hbond substituents is 1. The van der Waals surface area contributed by atoms with Crippen LogP contribution in [-0.2, 0) is 0 Å². The quantitative estimate of drug-likeness (QED) is 0.777. The van der Waals surface area contributed by atoms with Gasteiger partial charge in [-0.05, 0) is 53.4 Å². The van der Waals surface area contributed by atoms with Crippen LogP contribution in [0.15, 0.2) is 22.7 Å². The van der Waals surface area contributed by atoms with Gasteiger partial charge in [0.05, 0.1) is 4.47 Å². The van der Waals surface area contributed by atoms with Crippen LogP contribution in [-0.4, -0.2) is 23.1 Å². The Morgan fingerprint density at radius 3 is 2.63 bits per heavy atom. The lowest BCUT2D eigenvalue weighted by atomic mass is 9.90. The van der Waals surface area contributed by atoms with Crippen molar-refractivity contribution in [2.45, 2.75) is 32.7 Å². The minimum absolute atomic E-state index is 0.0472. The molecule has 0 saturated heterocycles. The molecule has 4 N–H and O–H groups in total. The van der Waals surface area contributed by atoms with Gasteiger partial charge in [0.15, 0.2) is 0 Å². The molecule has 0 aliphatic carbocycles. The maximum Gasteiger partial charge on any atom is 0.251 e. The average molecular weight is 329 g/mol. The molecule has 1 rings (SSSR count). The zero-order chi connectivity index (χ0) is 14.6. The second-order valence-corrected chi connectivity index (χ2v) is 6.34. The van der Waals surface area contributed by atoms with E-state index >= 15 is 0 Å². The Morgan fingerprint density at radius 2 is 2.16 bits per heavy atom. The molecule has 0 bridgehead atoms. The molecule has 0 spiro atoms. The van der Waals surface area contributed by atoms with Crippen molar-refractivity contribution >= 4 is 21.8 Å². The fraction of sp³-hybridized carbons (Fsp3) is 0.500. The second kappa shape index (κ2) is 6.39. The topological polar surface area (TPSA) is 75.3 Å². The zero-order valence-electron chi connectivity index (χ0n) is 11.5. The van der Waals surface area contributed by atoms with Gasteiger partial charge in [-0.1, -0.05) is 13.8 Å². The maximum atomic E-state index is 12.2. The monoisotopic (exact) mass is 328 g/mol. The van der Waals surface area contributed by atoms with E-state index in [0.717, 1.165) is 6.42 Å². The lowest BCUT2D eigenvalue weighted by Crippen LogP contribution is -2.52. The molecule has 0 heterocycles. The minimum atomic E-state index is -0.437. The first kappa shape index (κ1) is 16.0. The van der Waals surface area contributed by atoms with Gasteiger partial charge >= 0.3 is 0 Å². The van der Waals surface area contributed by atoms with Crippen LogP contribution in [0.4, 0.5) is 0 Å². The van der Waals surface area contributed by atoms with E-state index in [9.17, 15) is 9.90 Å². The van der Waals surface area contributed by atoms with Crippen LogP contribution < -0.4 is 11.1 Å². The summed E-state index contributed by atoms with van der Waals surface area (Å²) in [7, 11) is 0. The van der Waals surface area contributed by atoms with Crippen LogP contribution in [0.5, 0.6) is 5.75 Å². The molecule has 0 radical (unpaired) electrons. The number of nitrogens with two attached hydrogens (primary N) is 1. The molecule has 0 aliphatic rings. The molecule has 19 heavy (non-hydrogen) atoms. The van der Waals surface area contributed by atoms with E-state index in [1.165, 1.54) is 6.07 Å². The summed E-state index contributed by atoms with van der Waals surface area (Å²) in [5.41, 5.74) is 5.75. The third-order valence-electron chi connectivity index (χ3n) is 2.93. The molecule has 0 aliphatic heterocycles. The molecule has 1 unspecified atom stereocenters. The predicted molar refractivity (Wildman–Crippen MR) is 80.2 cm³/mol. The molecule has 0 saturated carbocycles. The summed E-state index contributed by atoms with van der Waals surface area (Å²) in [6.45, 7) is 6.49. The van der Waals surface area contributed by atoms with Gasteiger partial charge in [-0.25, -0.2) is 0 Å². The summed E-state index contributed by atoms with van der Waals surface area (Å²) < 4.78 is 0.563. The molecule has 1 aromatic rings. The van der Waals surface area contributed by atoms with Crippen LogP contribution in [0.2, 0.25) is 0 Å². The number of hydrogen-bond donors (Lipinski definition) is 3. The van der Waals surface area contributed by atoms with Crippen molar-refractivity contribution in [1.29, 1.82) is 0 Å². The van der Waals surface area contributed by atoms with E-state index in [-0.39, 0.29) is 11.7 Å². The smallest absolute Gasteiger partial charge is 0.251 e. The Bertz CT molecular complexity index is 463. The normalized spacial score (nSPS) is 14.2. The minimum Gasteiger partial charge on any atom is -0.507 e. The molecule has 1 atom stereocenters. The Hall–Kier alpha value is -1.07. The van der Waals surface area contributed by atoms with Gasteiger partial charge in [0, 0.05) is 17.6 Å². The van der Waals surface area contributed by atoms with Crippen molar-refractivity contribution < 1.29 is 9.90 Å². The van der Waals surface area contributed by atoms with Crippen molar-refractivity contribution in [2.24, 2.45) is 11.7 Å². The predicted octanol–water partition coefficient (Wildman–Crippen LogP) is 2.65. The fourth-order valence-electron chi connectivity index (χ4n) is 2.09. The number of benzene rings is 1. The van der Waals surface area contributed by atoms with Gasteiger partial charge in [0.1, 0.15) is 5.75 Å². The number of hydrogen-bond acceptors (Lipinski definition) is 3. The van der Waals surface area contributed by atoms with Crippen molar-refractivity contribution in [2.75, 3.05) is 6.54 Å². The third kappa shape index (κ3) is 4.51. The summed E-state index contributed by atoms with van der Waals surface area (Å²) in [6.07, 6.45) is 0.803. The van der Waals surface area contributed by atoms with Crippen molar-refractivity contribution in [3.8, 4) is 5.75 Å². The summed E-state index contributed by atoms with van der Waals surface area (Å²) in [4.78, 5) is 12.2. The Balaban J connectivity index is 2.85. The van der Waals surface area contributed by atoms with Gasteiger partial charge < -0.3 is 16.2 Å². The first-order valence-corrected chi connectivity index (χ1v) is 7.08. The van der Waals surface area contributed by atoms with Crippen LogP contribution in [0.1, 0.15) is 37.6 Å². The third-order valence-corrected chi connectivity index (χ3v) is 3.60. The number of nitrogens with one attached hydrogen (secondary N) is 1. The summed E-state index contributed by atoms with van der Waals surface area (Å²) in [5, 5.41) is 12.5. The first-order chi connectivity index (χ1) is 8.77. The zero-order valence-corrected chi connectivity index (χ0v) is 13.1. The summed E-state index contributed by atoms with van der Waals surface area (Å²) >= 11 is 3.18. The standard InChI is InChI=1S/C14H21BrN2O2/c1-9(2)7-14(3,8-16)17-13(19)10-4-5-11(15)12(18)6-10/h4-6,9,18H,7-8,16H2,1-3H3,(H,17,19). The number of halogens is 1. The molecule has 0 fully saturated rings. The highest BCUT2D eigenvalue weighted by Crippen LogP contribution is 2.25. The van der Waals surface area contributed by atoms with Crippen LogP contribution in [0.3, 0.4) is 0 Å². The molecule has 106 valence electrons. The van der Waals surface area contributed by atoms with Gasteiger partial charge in [0.25, 0.3) is 5.91 Å². The summed E-state index contributed by atoms with van der Waals surface area (Å²) in [6, 6.07) is 4.74. The Morgan fingerprint density at radius 1 is 1.53 bits per heavy atom. The van der Waals surface area contributed by atoms with E-state index in [0.29, 0.717) is 22.5 Å². The highest BCUT2D eigenvalue weighted by atomic mass is 79.9. The van der Waals surface area contributed by atoms with Crippen LogP contribution in [0, 0.1) is 5.92 Å². The summed E-state index contributed by atoms with van der Waals surface area (Å²) in [5.74, 6) is 0.259. The highest BCUT2D eigenvalue weighted by molar-refractivity contribution is 9.10. The maximum absolute atomic E-state index is 12.2. The van der Waals surface area contributed by atoms with E-state index in [1.54, 1.807) is 12.1 Å². The van der Waals surface area contributed by atoms with E-state index in [4.69, 9.17) is 5.73 Å². The number of amides is 1. The molecule has 5 heteroatoms. The second-order valence-electron chi connectivity index (χ2n) is 5.48. The van der Waals surface area contributed by atoms with Crippen molar-refractivity contribution in [3.05, 3.63) is 28.2 Å². The van der Waals surface area contributed by atoms with Crippen molar-refractivity contribution in [3.63, 3.8) is 0 Å². The van der Waals surface area contributed by atoms with E-state index in [1.807, 2.05) is 6.92 Å². The van der Waals surface area contributed by atoms with E-state index in [2.05, 4.69) is 35.1 Å². The molecular weight excluding hydrogens is 308 g/mol. The fourth-order valence-corrected chi connectivity index (χ4v) is 2.33. The number of rotatable bonds is 5. The molecule has 0 aromatic heterocycles. The molecular formula is C14H21BrN2O2. The van der Waals surface area contributed by atoms with Gasteiger partial charge in [-0.2, -0.15) is 0 Å². The largest absolute Gasteiger partial charge is 0.507 e. The lowest BCUT2D eigenvalue weighted by Gasteiger charge is -2.31. The Labute approximate surface area is 122 Å². The molecule has 1 amide bonds. The Kier molecular flexibility index (Phi) is 5.38. The van der Waals surface area contributed by atoms with Crippen LogP contribution in [0.25, 0.3) is 0 Å². The number of aromatic hydroxyl groups is 1. The van der Waals surface area contributed by atoms with E-state index < -0.39 is 5.54 Å². The average Bonchev–Trinajstić information content (AvgIpc) is 2.31.